The molecule has 0 aromatic heterocycles. The Morgan fingerprint density at radius 3 is 2.22 bits per heavy atom. The summed E-state index contributed by atoms with van der Waals surface area (Å²) in [6.45, 7) is 3.07. The Bertz CT molecular complexity index is 126. The van der Waals surface area contributed by atoms with Crippen LogP contribution in [0.4, 0.5) is 0 Å². The van der Waals surface area contributed by atoms with Crippen LogP contribution in [0, 0.1) is 5.41 Å². The number of rotatable bonds is 3. The molecule has 1 N–H and O–H groups in total. The van der Waals surface area contributed by atoms with Gasteiger partial charge in [0.1, 0.15) is 0 Å². The van der Waals surface area contributed by atoms with Crippen molar-refractivity contribution in [2.24, 2.45) is 5.41 Å². The first kappa shape index (κ1) is 8.14. The van der Waals surface area contributed by atoms with E-state index in [-0.39, 0.29) is 6.42 Å². The van der Waals surface area contributed by atoms with Crippen LogP contribution in [0.1, 0.15) is 20.3 Å². The van der Waals surface area contributed by atoms with Gasteiger partial charge < -0.3 is 5.11 Å². The summed E-state index contributed by atoms with van der Waals surface area (Å²) in [5.74, 6) is -0.969. The van der Waals surface area contributed by atoms with Gasteiger partial charge in [-0.3, -0.25) is 9.59 Å². The number of hydrogen-bond donors (Lipinski definition) is 1. The lowest BCUT2D eigenvalue weighted by Gasteiger charge is -2.10. The number of carboxylic acids is 1. The highest BCUT2D eigenvalue weighted by molar-refractivity contribution is 5.73. The molecule has 0 heterocycles. The third-order valence-electron chi connectivity index (χ3n) is 0.869. The SMILES string of the molecule is CC(C)([C]=O)CC(=O)O. The summed E-state index contributed by atoms with van der Waals surface area (Å²) in [6, 6.07) is 0. The average molecular weight is 129 g/mol. The van der Waals surface area contributed by atoms with E-state index < -0.39 is 11.4 Å². The van der Waals surface area contributed by atoms with Gasteiger partial charge in [0.05, 0.1) is 6.42 Å². The van der Waals surface area contributed by atoms with Gasteiger partial charge in [-0.2, -0.15) is 0 Å². The summed E-state index contributed by atoms with van der Waals surface area (Å²) in [5.41, 5.74) is -0.841. The standard InChI is InChI=1S/C6H9O3/c1-6(2,4-7)3-5(8)9/h3H2,1-2H3,(H,8,9). The Balaban J connectivity index is 3.86. The summed E-state index contributed by atoms with van der Waals surface area (Å²) in [6.07, 6.45) is 1.49. The highest BCUT2D eigenvalue weighted by atomic mass is 16.4. The van der Waals surface area contributed by atoms with Gasteiger partial charge >= 0.3 is 5.97 Å². The maximum atomic E-state index is 9.99. The fraction of sp³-hybridized carbons (Fsp3) is 0.667. The molecule has 0 aromatic rings. The van der Waals surface area contributed by atoms with Crippen LogP contribution in [0.2, 0.25) is 0 Å². The summed E-state index contributed by atoms with van der Waals surface area (Å²) < 4.78 is 0. The maximum Gasteiger partial charge on any atom is 0.304 e. The Morgan fingerprint density at radius 2 is 2.11 bits per heavy atom. The van der Waals surface area contributed by atoms with Crippen molar-refractivity contribution in [1.29, 1.82) is 0 Å². The average Bonchev–Trinajstić information content (AvgIpc) is 1.63. The highest BCUT2D eigenvalue weighted by Crippen LogP contribution is 2.15. The van der Waals surface area contributed by atoms with Crippen molar-refractivity contribution in [1.82, 2.24) is 0 Å². The largest absolute Gasteiger partial charge is 0.481 e. The second-order valence-corrected chi connectivity index (χ2v) is 2.56. The molecule has 0 saturated heterocycles. The molecule has 0 amide bonds. The second-order valence-electron chi connectivity index (χ2n) is 2.56. The zero-order valence-electron chi connectivity index (χ0n) is 5.47. The van der Waals surface area contributed by atoms with Crippen molar-refractivity contribution in [3.05, 3.63) is 0 Å². The second kappa shape index (κ2) is 2.62. The molecule has 0 atom stereocenters. The normalized spacial score (nSPS) is 10.9. The van der Waals surface area contributed by atoms with Gasteiger partial charge in [-0.1, -0.05) is 13.8 Å². The maximum absolute atomic E-state index is 9.99. The molecule has 51 valence electrons. The third kappa shape index (κ3) is 3.70. The van der Waals surface area contributed by atoms with Gasteiger partial charge in [0, 0.05) is 5.41 Å². The Hall–Kier alpha value is -0.860. The molecule has 0 aromatic carbocycles. The smallest absolute Gasteiger partial charge is 0.304 e. The summed E-state index contributed by atoms with van der Waals surface area (Å²) >= 11 is 0. The van der Waals surface area contributed by atoms with Crippen molar-refractivity contribution in [3.8, 4) is 0 Å². The zero-order chi connectivity index (χ0) is 7.49. The molecule has 0 fully saturated rings. The number of hydrogen-bond acceptors (Lipinski definition) is 2. The predicted octanol–water partition coefficient (Wildman–Crippen LogP) is 0.597. The van der Waals surface area contributed by atoms with Gasteiger partial charge in [0.2, 0.25) is 6.29 Å². The van der Waals surface area contributed by atoms with Crippen LogP contribution < -0.4 is 0 Å². The van der Waals surface area contributed by atoms with Crippen LogP contribution in [-0.4, -0.2) is 17.4 Å². The molecule has 3 heteroatoms. The first-order chi connectivity index (χ1) is 3.98. The van der Waals surface area contributed by atoms with E-state index in [1.54, 1.807) is 6.29 Å². The summed E-state index contributed by atoms with van der Waals surface area (Å²) in [7, 11) is 0. The number of aliphatic carboxylic acids is 1. The van der Waals surface area contributed by atoms with Crippen molar-refractivity contribution in [2.75, 3.05) is 0 Å². The van der Waals surface area contributed by atoms with E-state index in [4.69, 9.17) is 5.11 Å². The molecule has 0 spiro atoms. The summed E-state index contributed by atoms with van der Waals surface area (Å²) in [5, 5.41) is 8.20. The molecule has 0 aliphatic rings. The molecule has 0 saturated carbocycles. The number of carbonyl (C=O) groups excluding carboxylic acids is 1. The lowest BCUT2D eigenvalue weighted by molar-refractivity contribution is -0.138. The predicted molar refractivity (Wildman–Crippen MR) is 31.7 cm³/mol. The minimum atomic E-state index is -0.969. The monoisotopic (exact) mass is 129 g/mol. The van der Waals surface area contributed by atoms with Gasteiger partial charge in [0.15, 0.2) is 0 Å². The van der Waals surface area contributed by atoms with Gasteiger partial charge in [-0.15, -0.1) is 0 Å². The van der Waals surface area contributed by atoms with Gasteiger partial charge in [-0.25, -0.2) is 0 Å². The van der Waals surface area contributed by atoms with Crippen molar-refractivity contribution >= 4 is 12.3 Å². The lowest BCUT2D eigenvalue weighted by Crippen LogP contribution is -2.17. The van der Waals surface area contributed by atoms with E-state index in [1.165, 1.54) is 13.8 Å². The Morgan fingerprint density at radius 1 is 1.67 bits per heavy atom. The molecular weight excluding hydrogens is 120 g/mol. The quantitative estimate of drug-likeness (QED) is 0.607. The van der Waals surface area contributed by atoms with Crippen molar-refractivity contribution in [2.45, 2.75) is 20.3 Å². The Kier molecular flexibility index (Phi) is 2.37. The third-order valence-corrected chi connectivity index (χ3v) is 0.869. The fourth-order valence-corrected chi connectivity index (χ4v) is 0.414. The lowest BCUT2D eigenvalue weighted by atomic mass is 9.92. The summed E-state index contributed by atoms with van der Waals surface area (Å²) in [4.78, 5) is 20.0. The van der Waals surface area contributed by atoms with Gasteiger partial charge in [-0.05, 0) is 0 Å². The van der Waals surface area contributed by atoms with E-state index in [9.17, 15) is 9.59 Å². The molecule has 1 radical (unpaired) electrons. The van der Waals surface area contributed by atoms with Crippen LogP contribution >= 0.6 is 0 Å². The molecular formula is C6H9O3. The molecule has 0 rings (SSSR count). The first-order valence-corrected chi connectivity index (χ1v) is 2.59. The van der Waals surface area contributed by atoms with Crippen LogP contribution in [0.15, 0.2) is 0 Å². The van der Waals surface area contributed by atoms with Crippen LogP contribution in [-0.2, 0) is 9.59 Å². The minimum absolute atomic E-state index is 0.156. The molecule has 0 aliphatic carbocycles. The van der Waals surface area contributed by atoms with Gasteiger partial charge in [0.25, 0.3) is 0 Å². The van der Waals surface area contributed by atoms with Crippen LogP contribution in [0.25, 0.3) is 0 Å². The first-order valence-electron chi connectivity index (χ1n) is 2.59. The molecule has 9 heavy (non-hydrogen) atoms. The fourth-order valence-electron chi connectivity index (χ4n) is 0.414. The van der Waals surface area contributed by atoms with E-state index in [2.05, 4.69) is 0 Å². The number of carboxylic acid groups (broad SMARTS) is 1. The molecule has 0 unspecified atom stereocenters. The topological polar surface area (TPSA) is 54.4 Å². The molecule has 0 aliphatic heterocycles. The molecule has 3 nitrogen and oxygen atoms in total. The number of carbonyl (C=O) groups is 1. The van der Waals surface area contributed by atoms with Crippen molar-refractivity contribution < 1.29 is 14.7 Å². The Labute approximate surface area is 53.7 Å². The van der Waals surface area contributed by atoms with E-state index in [0.717, 1.165) is 0 Å². The van der Waals surface area contributed by atoms with E-state index in [1.807, 2.05) is 0 Å². The zero-order valence-corrected chi connectivity index (χ0v) is 5.47. The van der Waals surface area contributed by atoms with Crippen LogP contribution in [0.5, 0.6) is 0 Å². The van der Waals surface area contributed by atoms with Crippen LogP contribution in [0.3, 0.4) is 0 Å². The highest BCUT2D eigenvalue weighted by Gasteiger charge is 2.21. The molecule has 0 bridgehead atoms. The van der Waals surface area contributed by atoms with E-state index in [0.29, 0.717) is 0 Å². The van der Waals surface area contributed by atoms with E-state index >= 15 is 0 Å². The van der Waals surface area contributed by atoms with Crippen molar-refractivity contribution in [3.63, 3.8) is 0 Å². The minimum Gasteiger partial charge on any atom is -0.481 e.